The quantitative estimate of drug-likeness (QED) is 0.387. The molecule has 3 aromatic rings. The lowest BCUT2D eigenvalue weighted by molar-refractivity contribution is -0.274. The summed E-state index contributed by atoms with van der Waals surface area (Å²) in [6.45, 7) is 1.34. The number of benzene rings is 3. The zero-order valence-electron chi connectivity index (χ0n) is 18.3. The van der Waals surface area contributed by atoms with Gasteiger partial charge in [0, 0.05) is 31.7 Å². The van der Waals surface area contributed by atoms with E-state index in [0.717, 1.165) is 29.5 Å². The molecule has 1 aliphatic rings. The van der Waals surface area contributed by atoms with Crippen LogP contribution >= 0.6 is 0 Å². The molecule has 1 N–H and O–H groups in total. The highest BCUT2D eigenvalue weighted by Crippen LogP contribution is 2.46. The lowest BCUT2D eigenvalue weighted by Gasteiger charge is -2.37. The molecule has 3 aromatic carbocycles. The molecule has 1 fully saturated rings. The van der Waals surface area contributed by atoms with Crippen LogP contribution in [0.1, 0.15) is 35.6 Å². The highest BCUT2D eigenvalue weighted by molar-refractivity contribution is 5.31. The second-order valence-electron chi connectivity index (χ2n) is 8.62. The third-order valence-corrected chi connectivity index (χ3v) is 6.15. The van der Waals surface area contributed by atoms with Gasteiger partial charge in [-0.3, -0.25) is 4.90 Å². The van der Waals surface area contributed by atoms with Crippen molar-refractivity contribution in [1.82, 2.24) is 4.90 Å². The smallest absolute Gasteiger partial charge is 0.406 e. The van der Waals surface area contributed by atoms with Crippen molar-refractivity contribution in [3.8, 4) is 5.75 Å². The Balaban J connectivity index is 1.69. The molecule has 0 bridgehead atoms. The first-order valence-corrected chi connectivity index (χ1v) is 11.2. The summed E-state index contributed by atoms with van der Waals surface area (Å²) >= 11 is 0. The third kappa shape index (κ3) is 6.59. The Morgan fingerprint density at radius 1 is 0.818 bits per heavy atom. The van der Waals surface area contributed by atoms with Crippen LogP contribution in [0, 0.1) is 11.8 Å². The van der Waals surface area contributed by atoms with E-state index in [-0.39, 0.29) is 24.3 Å². The first kappa shape index (κ1) is 23.3. The SMILES string of the molecule is OC[C@@H](C1CC1)[C@H](c1ccc(OC(F)(F)F)cc1)N(Cc1ccccc1)Cc1ccccc1. The van der Waals surface area contributed by atoms with Gasteiger partial charge >= 0.3 is 6.36 Å². The summed E-state index contributed by atoms with van der Waals surface area (Å²) in [5.41, 5.74) is 3.16. The van der Waals surface area contributed by atoms with Gasteiger partial charge in [0.15, 0.2) is 0 Å². The number of hydrogen-bond acceptors (Lipinski definition) is 3. The average molecular weight is 456 g/mol. The first-order chi connectivity index (χ1) is 15.9. The molecule has 1 aliphatic carbocycles. The van der Waals surface area contributed by atoms with E-state index in [1.54, 1.807) is 12.1 Å². The van der Waals surface area contributed by atoms with E-state index in [1.165, 1.54) is 12.1 Å². The molecule has 0 amide bonds. The number of aliphatic hydroxyl groups excluding tert-OH is 1. The zero-order chi connectivity index (χ0) is 23.3. The molecule has 0 spiro atoms. The van der Waals surface area contributed by atoms with Gasteiger partial charge < -0.3 is 9.84 Å². The van der Waals surface area contributed by atoms with Crippen LogP contribution in [-0.4, -0.2) is 23.0 Å². The second-order valence-corrected chi connectivity index (χ2v) is 8.62. The molecule has 0 aliphatic heterocycles. The van der Waals surface area contributed by atoms with Gasteiger partial charge in [-0.1, -0.05) is 72.8 Å². The maximum atomic E-state index is 12.6. The van der Waals surface area contributed by atoms with Crippen LogP contribution in [-0.2, 0) is 13.1 Å². The number of hydrogen-bond donors (Lipinski definition) is 1. The van der Waals surface area contributed by atoms with Crippen molar-refractivity contribution in [2.45, 2.75) is 38.3 Å². The number of ether oxygens (including phenoxy) is 1. The molecule has 4 rings (SSSR count). The Labute approximate surface area is 192 Å². The Hall–Kier alpha value is -2.83. The van der Waals surface area contributed by atoms with Gasteiger partial charge in [0.25, 0.3) is 0 Å². The minimum absolute atomic E-state index is 0.00758. The van der Waals surface area contributed by atoms with Crippen molar-refractivity contribution >= 4 is 0 Å². The summed E-state index contributed by atoms with van der Waals surface area (Å²) in [5.74, 6) is 0.154. The monoisotopic (exact) mass is 455 g/mol. The van der Waals surface area contributed by atoms with Crippen molar-refractivity contribution in [3.05, 3.63) is 102 Å². The fraction of sp³-hybridized carbons (Fsp3) is 0.333. The lowest BCUT2D eigenvalue weighted by atomic mass is 9.87. The van der Waals surface area contributed by atoms with Gasteiger partial charge in [0.2, 0.25) is 0 Å². The Morgan fingerprint density at radius 3 is 1.76 bits per heavy atom. The maximum Gasteiger partial charge on any atom is 0.573 e. The maximum absolute atomic E-state index is 12.6. The average Bonchev–Trinajstić information content (AvgIpc) is 3.63. The number of rotatable bonds is 10. The van der Waals surface area contributed by atoms with Crippen molar-refractivity contribution in [3.63, 3.8) is 0 Å². The van der Waals surface area contributed by atoms with Gasteiger partial charge in [0.1, 0.15) is 5.75 Å². The fourth-order valence-corrected chi connectivity index (χ4v) is 4.52. The first-order valence-electron chi connectivity index (χ1n) is 11.2. The summed E-state index contributed by atoms with van der Waals surface area (Å²) in [5, 5.41) is 10.4. The Kier molecular flexibility index (Phi) is 7.36. The molecule has 0 radical (unpaired) electrons. The molecule has 0 heterocycles. The minimum Gasteiger partial charge on any atom is -0.406 e. The van der Waals surface area contributed by atoms with Crippen LogP contribution in [0.3, 0.4) is 0 Å². The number of alkyl halides is 3. The normalized spacial score (nSPS) is 15.9. The predicted octanol–water partition coefficient (Wildman–Crippen LogP) is 6.35. The van der Waals surface area contributed by atoms with Crippen molar-refractivity contribution < 1.29 is 23.0 Å². The Bertz CT molecular complexity index is 948. The van der Waals surface area contributed by atoms with E-state index < -0.39 is 6.36 Å². The molecular formula is C27H28F3NO2. The highest BCUT2D eigenvalue weighted by Gasteiger charge is 2.39. The van der Waals surface area contributed by atoms with Crippen LogP contribution in [0.2, 0.25) is 0 Å². The van der Waals surface area contributed by atoms with Gasteiger partial charge in [-0.25, -0.2) is 0 Å². The molecule has 6 heteroatoms. The minimum atomic E-state index is -4.73. The van der Waals surface area contributed by atoms with Gasteiger partial charge in [0.05, 0.1) is 0 Å². The predicted molar refractivity (Wildman–Crippen MR) is 121 cm³/mol. The fourth-order valence-electron chi connectivity index (χ4n) is 4.52. The summed E-state index contributed by atoms with van der Waals surface area (Å²) in [4.78, 5) is 2.32. The molecule has 0 unspecified atom stereocenters. The van der Waals surface area contributed by atoms with E-state index in [2.05, 4.69) is 33.9 Å². The van der Waals surface area contributed by atoms with Crippen LogP contribution in [0.4, 0.5) is 13.2 Å². The molecule has 2 atom stereocenters. The molecule has 0 aromatic heterocycles. The number of halogens is 3. The van der Waals surface area contributed by atoms with Gasteiger partial charge in [-0.2, -0.15) is 0 Å². The van der Waals surface area contributed by atoms with Crippen LogP contribution < -0.4 is 4.74 Å². The highest BCUT2D eigenvalue weighted by atomic mass is 19.4. The Morgan fingerprint density at radius 2 is 1.33 bits per heavy atom. The van der Waals surface area contributed by atoms with E-state index >= 15 is 0 Å². The zero-order valence-corrected chi connectivity index (χ0v) is 18.3. The molecule has 33 heavy (non-hydrogen) atoms. The second kappa shape index (κ2) is 10.4. The van der Waals surface area contributed by atoms with Crippen LogP contribution in [0.25, 0.3) is 0 Å². The summed E-state index contributed by atoms with van der Waals surface area (Å²) < 4.78 is 42.0. The van der Waals surface area contributed by atoms with E-state index in [9.17, 15) is 18.3 Å². The number of nitrogens with zero attached hydrogens (tertiary/aromatic N) is 1. The molecular weight excluding hydrogens is 427 g/mol. The van der Waals surface area contributed by atoms with Gasteiger partial charge in [-0.05, 0) is 47.6 Å². The summed E-state index contributed by atoms with van der Waals surface area (Å²) in [6.07, 6.45) is -2.61. The van der Waals surface area contributed by atoms with Crippen LogP contribution in [0.15, 0.2) is 84.9 Å². The summed E-state index contributed by atoms with van der Waals surface area (Å²) in [7, 11) is 0. The van der Waals surface area contributed by atoms with Gasteiger partial charge in [-0.15, -0.1) is 13.2 Å². The molecule has 3 nitrogen and oxygen atoms in total. The van der Waals surface area contributed by atoms with E-state index in [4.69, 9.17) is 0 Å². The van der Waals surface area contributed by atoms with Crippen molar-refractivity contribution in [2.75, 3.05) is 6.61 Å². The van der Waals surface area contributed by atoms with Crippen molar-refractivity contribution in [1.29, 1.82) is 0 Å². The third-order valence-electron chi connectivity index (χ3n) is 6.15. The number of aliphatic hydroxyl groups is 1. The standard InChI is InChI=1S/C27H28F3NO2/c28-27(29,30)33-24-15-13-23(14-16-24)26(25(19-32)22-11-12-22)31(17-20-7-3-1-4-8-20)18-21-9-5-2-6-10-21/h1-10,13-16,22,25-26,32H,11-12,17-19H2/t25-,26-/m0/s1. The topological polar surface area (TPSA) is 32.7 Å². The lowest BCUT2D eigenvalue weighted by Crippen LogP contribution is -2.35. The van der Waals surface area contributed by atoms with Crippen LogP contribution in [0.5, 0.6) is 5.75 Å². The molecule has 0 saturated heterocycles. The van der Waals surface area contributed by atoms with Crippen molar-refractivity contribution in [2.24, 2.45) is 11.8 Å². The summed E-state index contributed by atoms with van der Waals surface area (Å²) in [6, 6.07) is 26.2. The van der Waals surface area contributed by atoms with E-state index in [1.807, 2.05) is 36.4 Å². The largest absolute Gasteiger partial charge is 0.573 e. The molecule has 174 valence electrons. The molecule has 1 saturated carbocycles. The van der Waals surface area contributed by atoms with E-state index in [0.29, 0.717) is 19.0 Å².